The third-order valence-electron chi connectivity index (χ3n) is 5.51. The van der Waals surface area contributed by atoms with E-state index in [4.69, 9.17) is 0 Å². The Morgan fingerprint density at radius 1 is 0.857 bits per heavy atom. The number of unbranched alkanes of at least 4 members (excludes halogenated alkanes) is 1. The maximum absolute atomic E-state index is 14.5. The molecule has 0 radical (unpaired) electrons. The van der Waals surface area contributed by atoms with E-state index in [0.29, 0.717) is 5.56 Å². The van der Waals surface area contributed by atoms with Crippen LogP contribution >= 0.6 is 23.5 Å². The summed E-state index contributed by atoms with van der Waals surface area (Å²) in [5.74, 6) is 3.49. The molecule has 0 spiro atoms. The largest absolute Gasteiger partial charge is 0.206 e. The average molecular weight is 417 g/mol. The van der Waals surface area contributed by atoms with Crippen LogP contribution in [0.5, 0.6) is 0 Å². The Morgan fingerprint density at radius 2 is 1.57 bits per heavy atom. The molecular formula is C25H33FS2. The number of aryl methyl sites for hydroxylation is 2. The van der Waals surface area contributed by atoms with Gasteiger partial charge >= 0.3 is 0 Å². The number of thioether (sulfide) groups is 2. The first-order chi connectivity index (χ1) is 13.7. The first kappa shape index (κ1) is 21.8. The monoisotopic (exact) mass is 416 g/mol. The van der Waals surface area contributed by atoms with Crippen molar-refractivity contribution in [3.05, 3.63) is 59.4 Å². The normalized spacial score (nSPS) is 19.7. The van der Waals surface area contributed by atoms with Crippen LogP contribution in [-0.2, 0) is 12.8 Å². The maximum atomic E-state index is 14.5. The van der Waals surface area contributed by atoms with E-state index in [1.807, 2.05) is 6.07 Å². The lowest BCUT2D eigenvalue weighted by Gasteiger charge is -2.27. The molecule has 3 heteroatoms. The van der Waals surface area contributed by atoms with Gasteiger partial charge in [-0.3, -0.25) is 0 Å². The van der Waals surface area contributed by atoms with Crippen LogP contribution in [0.25, 0.3) is 11.1 Å². The van der Waals surface area contributed by atoms with Gasteiger partial charge in [0, 0.05) is 5.56 Å². The molecule has 1 saturated heterocycles. The van der Waals surface area contributed by atoms with Crippen LogP contribution in [0.2, 0.25) is 0 Å². The molecule has 1 fully saturated rings. The summed E-state index contributed by atoms with van der Waals surface area (Å²) in [6.07, 6.45) is 8.43. The highest BCUT2D eigenvalue weighted by atomic mass is 32.2. The van der Waals surface area contributed by atoms with Gasteiger partial charge in [-0.2, -0.15) is 0 Å². The summed E-state index contributed by atoms with van der Waals surface area (Å²) in [7, 11) is 0. The van der Waals surface area contributed by atoms with Crippen molar-refractivity contribution in [1.82, 2.24) is 0 Å². The highest BCUT2D eigenvalue weighted by molar-refractivity contribution is 8.17. The minimum Gasteiger partial charge on any atom is -0.206 e. The first-order valence-electron chi connectivity index (χ1n) is 10.8. The predicted molar refractivity (Wildman–Crippen MR) is 126 cm³/mol. The Kier molecular flexibility index (Phi) is 8.79. The van der Waals surface area contributed by atoms with Gasteiger partial charge in [0.2, 0.25) is 0 Å². The fraction of sp³-hybridized carbons (Fsp3) is 0.520. The van der Waals surface area contributed by atoms with Crippen LogP contribution in [0.4, 0.5) is 4.39 Å². The zero-order valence-electron chi connectivity index (χ0n) is 17.3. The molecule has 2 aromatic rings. The van der Waals surface area contributed by atoms with Crippen molar-refractivity contribution in [3.8, 4) is 11.1 Å². The number of halogens is 1. The molecule has 1 heterocycles. The Morgan fingerprint density at radius 3 is 2.21 bits per heavy atom. The van der Waals surface area contributed by atoms with Crippen molar-refractivity contribution in [2.24, 2.45) is 5.92 Å². The zero-order valence-corrected chi connectivity index (χ0v) is 18.9. The molecule has 0 saturated carbocycles. The van der Waals surface area contributed by atoms with E-state index in [0.717, 1.165) is 40.9 Å². The van der Waals surface area contributed by atoms with Gasteiger partial charge < -0.3 is 0 Å². The molecule has 0 N–H and O–H groups in total. The van der Waals surface area contributed by atoms with Crippen LogP contribution in [0.3, 0.4) is 0 Å². The van der Waals surface area contributed by atoms with Gasteiger partial charge in [0.1, 0.15) is 5.82 Å². The highest BCUT2D eigenvalue weighted by Gasteiger charge is 2.21. The van der Waals surface area contributed by atoms with Crippen LogP contribution in [0.15, 0.2) is 42.5 Å². The van der Waals surface area contributed by atoms with E-state index >= 15 is 0 Å². The maximum Gasteiger partial charge on any atom is 0.131 e. The number of hydrogen-bond donors (Lipinski definition) is 0. The Bertz CT molecular complexity index is 718. The van der Waals surface area contributed by atoms with Crippen molar-refractivity contribution in [1.29, 1.82) is 0 Å². The molecule has 1 aliphatic rings. The molecule has 2 aromatic carbocycles. The molecule has 1 aliphatic heterocycles. The van der Waals surface area contributed by atoms with Gasteiger partial charge in [0.15, 0.2) is 0 Å². The molecule has 0 aliphatic carbocycles. The summed E-state index contributed by atoms with van der Waals surface area (Å²) in [4.78, 5) is 0. The van der Waals surface area contributed by atoms with Crippen LogP contribution < -0.4 is 0 Å². The number of benzene rings is 2. The summed E-state index contributed by atoms with van der Waals surface area (Å²) in [5.41, 5.74) is 4.13. The second-order valence-corrected chi connectivity index (χ2v) is 10.7. The van der Waals surface area contributed by atoms with Crippen molar-refractivity contribution in [2.45, 2.75) is 63.4 Å². The van der Waals surface area contributed by atoms with Crippen molar-refractivity contribution in [3.63, 3.8) is 0 Å². The Balaban J connectivity index is 1.50. The van der Waals surface area contributed by atoms with Crippen LogP contribution in [-0.4, -0.2) is 16.1 Å². The Labute approximate surface area is 179 Å². The van der Waals surface area contributed by atoms with E-state index in [9.17, 15) is 4.39 Å². The topological polar surface area (TPSA) is 0 Å². The number of rotatable bonds is 9. The minimum absolute atomic E-state index is 0.105. The lowest BCUT2D eigenvalue weighted by atomic mass is 9.99. The van der Waals surface area contributed by atoms with Gasteiger partial charge in [0.05, 0.1) is 4.58 Å². The summed E-state index contributed by atoms with van der Waals surface area (Å²) in [5, 5.41) is 0. The van der Waals surface area contributed by atoms with E-state index < -0.39 is 0 Å². The summed E-state index contributed by atoms with van der Waals surface area (Å²) >= 11 is 4.32. The summed E-state index contributed by atoms with van der Waals surface area (Å²) in [6.45, 7) is 4.41. The van der Waals surface area contributed by atoms with Crippen LogP contribution in [0, 0.1) is 11.7 Å². The molecule has 0 amide bonds. The quantitative estimate of drug-likeness (QED) is 0.406. The molecule has 152 valence electrons. The predicted octanol–water partition coefficient (Wildman–Crippen LogP) is 7.99. The Hall–Kier alpha value is -0.930. The number of hydrogen-bond acceptors (Lipinski definition) is 2. The summed E-state index contributed by atoms with van der Waals surface area (Å²) in [6, 6.07) is 14.2. The fourth-order valence-corrected chi connectivity index (χ4v) is 6.90. The average Bonchev–Trinajstić information content (AvgIpc) is 2.72. The SMILES string of the molecule is CCCCC1CSC(CCc2ccc(-c3ccc(CCC)cc3F)cc2)SC1. The van der Waals surface area contributed by atoms with Gasteiger partial charge in [-0.05, 0) is 65.9 Å². The first-order valence-corrected chi connectivity index (χ1v) is 12.9. The second-order valence-electron chi connectivity index (χ2n) is 7.90. The standard InChI is InChI=1S/C25H33FS2/c1-3-5-7-21-17-27-25(28-18-21)15-11-19-8-12-22(13-9-19)23-14-10-20(6-4-2)16-24(23)26/h8-10,12-14,16,21,25H,3-7,11,15,17-18H2,1-2H3. The van der Waals surface area contributed by atoms with E-state index in [1.54, 1.807) is 6.07 Å². The van der Waals surface area contributed by atoms with Crippen molar-refractivity contribution < 1.29 is 4.39 Å². The van der Waals surface area contributed by atoms with Gasteiger partial charge in [0.25, 0.3) is 0 Å². The van der Waals surface area contributed by atoms with Gasteiger partial charge in [-0.1, -0.05) is 69.5 Å². The fourth-order valence-electron chi connectivity index (χ4n) is 3.78. The highest BCUT2D eigenvalue weighted by Crippen LogP contribution is 2.38. The van der Waals surface area contributed by atoms with E-state index in [1.165, 1.54) is 42.8 Å². The lowest BCUT2D eigenvalue weighted by Crippen LogP contribution is -2.18. The third-order valence-corrected chi connectivity index (χ3v) is 8.87. The molecule has 28 heavy (non-hydrogen) atoms. The molecular weight excluding hydrogens is 383 g/mol. The minimum atomic E-state index is -0.105. The molecule has 0 atom stereocenters. The lowest BCUT2D eigenvalue weighted by molar-refractivity contribution is 0.562. The molecule has 0 nitrogen and oxygen atoms in total. The third kappa shape index (κ3) is 6.29. The smallest absolute Gasteiger partial charge is 0.131 e. The zero-order chi connectivity index (χ0) is 19.8. The van der Waals surface area contributed by atoms with E-state index in [-0.39, 0.29) is 5.82 Å². The summed E-state index contributed by atoms with van der Waals surface area (Å²) < 4.78 is 15.2. The van der Waals surface area contributed by atoms with Crippen molar-refractivity contribution in [2.75, 3.05) is 11.5 Å². The molecule has 0 bridgehead atoms. The van der Waals surface area contributed by atoms with Gasteiger partial charge in [-0.15, -0.1) is 23.5 Å². The molecule has 3 rings (SSSR count). The van der Waals surface area contributed by atoms with Crippen molar-refractivity contribution >= 4 is 23.5 Å². The van der Waals surface area contributed by atoms with Crippen LogP contribution in [0.1, 0.15) is 57.1 Å². The van der Waals surface area contributed by atoms with Gasteiger partial charge in [-0.25, -0.2) is 4.39 Å². The second kappa shape index (κ2) is 11.3. The van der Waals surface area contributed by atoms with E-state index in [2.05, 4.69) is 67.7 Å². The molecule has 0 unspecified atom stereocenters. The molecule has 0 aromatic heterocycles.